The van der Waals surface area contributed by atoms with Crippen LogP contribution in [0.3, 0.4) is 0 Å². The first-order valence-corrected chi connectivity index (χ1v) is 6.74. The zero-order valence-corrected chi connectivity index (χ0v) is 11.5. The van der Waals surface area contributed by atoms with Crippen molar-refractivity contribution in [3.8, 4) is 5.75 Å². The summed E-state index contributed by atoms with van der Waals surface area (Å²) in [6.07, 6.45) is 1.74. The molecule has 1 heterocycles. The Labute approximate surface area is 122 Å². The number of phenols is 1. The number of aromatic hydroxyl groups is 1. The van der Waals surface area contributed by atoms with Gasteiger partial charge in [0.25, 0.3) is 0 Å². The minimum Gasteiger partial charge on any atom is -0.507 e. The number of phenolic OH excluding ortho intramolecular Hbond substituents is 1. The zero-order valence-electron chi connectivity index (χ0n) is 11.5. The molecule has 0 aliphatic rings. The van der Waals surface area contributed by atoms with Gasteiger partial charge in [0.15, 0.2) is 0 Å². The van der Waals surface area contributed by atoms with Crippen molar-refractivity contribution < 1.29 is 9.50 Å². The average molecular weight is 282 g/mol. The van der Waals surface area contributed by atoms with Crippen LogP contribution in [0.5, 0.6) is 5.75 Å². The van der Waals surface area contributed by atoms with E-state index in [-0.39, 0.29) is 11.8 Å². The topological polar surface area (TPSA) is 45.2 Å². The number of para-hydroxylation sites is 1. The summed E-state index contributed by atoms with van der Waals surface area (Å²) in [5.74, 6) is -0.501. The Bertz CT molecular complexity index is 783. The number of benzene rings is 2. The van der Waals surface area contributed by atoms with Crippen molar-refractivity contribution in [2.45, 2.75) is 13.0 Å². The Morgan fingerprint density at radius 3 is 2.76 bits per heavy atom. The summed E-state index contributed by atoms with van der Waals surface area (Å²) < 4.78 is 13.1. The summed E-state index contributed by atoms with van der Waals surface area (Å²) in [6.45, 7) is 1.91. The number of hydrogen-bond acceptors (Lipinski definition) is 3. The van der Waals surface area contributed by atoms with Crippen LogP contribution >= 0.6 is 0 Å². The first kappa shape index (κ1) is 13.4. The lowest BCUT2D eigenvalue weighted by Crippen LogP contribution is -2.07. The monoisotopic (exact) mass is 282 g/mol. The third-order valence-electron chi connectivity index (χ3n) is 3.46. The molecule has 1 aromatic heterocycles. The first-order valence-electron chi connectivity index (χ1n) is 6.74. The molecule has 0 saturated carbocycles. The van der Waals surface area contributed by atoms with Gasteiger partial charge in [-0.3, -0.25) is 4.98 Å². The second-order valence-electron chi connectivity index (χ2n) is 4.95. The van der Waals surface area contributed by atoms with E-state index in [0.29, 0.717) is 5.56 Å². The second-order valence-corrected chi connectivity index (χ2v) is 4.95. The summed E-state index contributed by atoms with van der Waals surface area (Å²) >= 11 is 0. The largest absolute Gasteiger partial charge is 0.507 e. The van der Waals surface area contributed by atoms with Crippen molar-refractivity contribution in [2.75, 3.05) is 5.32 Å². The second kappa shape index (κ2) is 5.40. The first-order chi connectivity index (χ1) is 10.1. The Hall–Kier alpha value is -2.62. The Morgan fingerprint density at radius 2 is 1.95 bits per heavy atom. The maximum absolute atomic E-state index is 13.1. The molecule has 2 N–H and O–H groups in total. The van der Waals surface area contributed by atoms with Crippen molar-refractivity contribution in [3.05, 3.63) is 66.1 Å². The van der Waals surface area contributed by atoms with E-state index in [1.54, 1.807) is 12.3 Å². The van der Waals surface area contributed by atoms with E-state index in [2.05, 4.69) is 10.3 Å². The number of halogens is 1. The SMILES string of the molecule is CC(Nc1cccc2cccnc12)c1ccc(F)cc1O. The summed E-state index contributed by atoms with van der Waals surface area (Å²) in [7, 11) is 0. The van der Waals surface area contributed by atoms with Gasteiger partial charge in [0.2, 0.25) is 0 Å². The van der Waals surface area contributed by atoms with Gasteiger partial charge in [0, 0.05) is 23.2 Å². The van der Waals surface area contributed by atoms with Gasteiger partial charge in [-0.25, -0.2) is 4.39 Å². The third kappa shape index (κ3) is 2.65. The van der Waals surface area contributed by atoms with E-state index in [9.17, 15) is 9.50 Å². The molecule has 1 unspecified atom stereocenters. The molecule has 0 radical (unpaired) electrons. The van der Waals surface area contributed by atoms with Crippen LogP contribution in [0, 0.1) is 5.82 Å². The van der Waals surface area contributed by atoms with Gasteiger partial charge >= 0.3 is 0 Å². The third-order valence-corrected chi connectivity index (χ3v) is 3.46. The van der Waals surface area contributed by atoms with Crippen LogP contribution in [0.1, 0.15) is 18.5 Å². The van der Waals surface area contributed by atoms with E-state index in [1.165, 1.54) is 6.07 Å². The van der Waals surface area contributed by atoms with Crippen LogP contribution in [-0.4, -0.2) is 10.1 Å². The molecule has 0 bridgehead atoms. The van der Waals surface area contributed by atoms with Gasteiger partial charge in [0.05, 0.1) is 17.2 Å². The van der Waals surface area contributed by atoms with E-state index in [0.717, 1.165) is 22.7 Å². The van der Waals surface area contributed by atoms with Crippen LogP contribution in [0.4, 0.5) is 10.1 Å². The molecular formula is C17H15FN2O. The molecule has 2 aromatic carbocycles. The fraction of sp³-hybridized carbons (Fsp3) is 0.118. The summed E-state index contributed by atoms with van der Waals surface area (Å²) in [6, 6.07) is 13.6. The molecule has 3 rings (SSSR count). The molecule has 0 aliphatic heterocycles. The quantitative estimate of drug-likeness (QED) is 0.754. The number of aromatic nitrogens is 1. The number of nitrogens with zero attached hydrogens (tertiary/aromatic N) is 1. The fourth-order valence-electron chi connectivity index (χ4n) is 2.41. The van der Waals surface area contributed by atoms with E-state index >= 15 is 0 Å². The van der Waals surface area contributed by atoms with Crippen LogP contribution < -0.4 is 5.32 Å². The van der Waals surface area contributed by atoms with E-state index < -0.39 is 5.82 Å². The number of fused-ring (bicyclic) bond motifs is 1. The van der Waals surface area contributed by atoms with Crippen molar-refractivity contribution in [2.24, 2.45) is 0 Å². The number of hydrogen-bond donors (Lipinski definition) is 2. The van der Waals surface area contributed by atoms with Gasteiger partial charge in [-0.2, -0.15) is 0 Å². The molecule has 0 saturated heterocycles. The Kier molecular flexibility index (Phi) is 3.44. The molecule has 3 aromatic rings. The molecule has 0 aliphatic carbocycles. The molecule has 3 nitrogen and oxygen atoms in total. The number of pyridine rings is 1. The van der Waals surface area contributed by atoms with Gasteiger partial charge in [-0.15, -0.1) is 0 Å². The maximum atomic E-state index is 13.1. The zero-order chi connectivity index (χ0) is 14.8. The molecule has 21 heavy (non-hydrogen) atoms. The smallest absolute Gasteiger partial charge is 0.126 e. The normalized spacial score (nSPS) is 12.3. The summed E-state index contributed by atoms with van der Waals surface area (Å²) in [5.41, 5.74) is 2.39. The fourth-order valence-corrected chi connectivity index (χ4v) is 2.41. The number of nitrogens with one attached hydrogen (secondary N) is 1. The molecule has 0 amide bonds. The highest BCUT2D eigenvalue weighted by atomic mass is 19.1. The highest BCUT2D eigenvalue weighted by molar-refractivity contribution is 5.90. The van der Waals surface area contributed by atoms with Crippen molar-refractivity contribution >= 4 is 16.6 Å². The minimum absolute atomic E-state index is 0.0526. The van der Waals surface area contributed by atoms with Crippen LogP contribution in [0.15, 0.2) is 54.7 Å². The molecule has 106 valence electrons. The van der Waals surface area contributed by atoms with Gasteiger partial charge in [-0.1, -0.05) is 24.3 Å². The van der Waals surface area contributed by atoms with E-state index in [1.807, 2.05) is 37.3 Å². The van der Waals surface area contributed by atoms with Gasteiger partial charge in [0.1, 0.15) is 11.6 Å². The highest BCUT2D eigenvalue weighted by Gasteiger charge is 2.12. The number of anilines is 1. The standard InChI is InChI=1S/C17H15FN2O/c1-11(14-8-7-13(18)10-16(14)21)20-15-6-2-4-12-5-3-9-19-17(12)15/h2-11,20-21H,1H3. The number of rotatable bonds is 3. The predicted octanol–water partition coefficient (Wildman–Crippen LogP) is 4.25. The lowest BCUT2D eigenvalue weighted by Gasteiger charge is -2.18. The van der Waals surface area contributed by atoms with Crippen molar-refractivity contribution in [3.63, 3.8) is 0 Å². The van der Waals surface area contributed by atoms with Crippen LogP contribution in [0.2, 0.25) is 0 Å². The van der Waals surface area contributed by atoms with Crippen molar-refractivity contribution in [1.29, 1.82) is 0 Å². The Balaban J connectivity index is 1.94. The Morgan fingerprint density at radius 1 is 1.14 bits per heavy atom. The van der Waals surface area contributed by atoms with Gasteiger partial charge in [-0.05, 0) is 25.1 Å². The summed E-state index contributed by atoms with van der Waals surface area (Å²) in [5, 5.41) is 14.2. The maximum Gasteiger partial charge on any atom is 0.126 e. The van der Waals surface area contributed by atoms with Crippen molar-refractivity contribution in [1.82, 2.24) is 4.98 Å². The minimum atomic E-state index is -0.449. The van der Waals surface area contributed by atoms with E-state index in [4.69, 9.17) is 0 Å². The molecule has 4 heteroatoms. The average Bonchev–Trinajstić information content (AvgIpc) is 2.47. The highest BCUT2D eigenvalue weighted by Crippen LogP contribution is 2.29. The molecule has 1 atom stereocenters. The lowest BCUT2D eigenvalue weighted by atomic mass is 10.1. The van der Waals surface area contributed by atoms with Crippen LogP contribution in [0.25, 0.3) is 10.9 Å². The lowest BCUT2D eigenvalue weighted by molar-refractivity contribution is 0.459. The van der Waals surface area contributed by atoms with Gasteiger partial charge < -0.3 is 10.4 Å². The molecule has 0 fully saturated rings. The van der Waals surface area contributed by atoms with Crippen LogP contribution in [-0.2, 0) is 0 Å². The summed E-state index contributed by atoms with van der Waals surface area (Å²) in [4.78, 5) is 4.38. The predicted molar refractivity (Wildman–Crippen MR) is 81.8 cm³/mol. The molecule has 0 spiro atoms. The molecular weight excluding hydrogens is 267 g/mol.